The highest BCUT2D eigenvalue weighted by molar-refractivity contribution is 5.86. The van der Waals surface area contributed by atoms with E-state index in [9.17, 15) is 18.3 Å². The average molecular weight is 537 g/mol. The molecule has 0 amide bonds. The molecule has 2 aromatic carbocycles. The van der Waals surface area contributed by atoms with Gasteiger partial charge >= 0.3 is 0 Å². The number of aryl methyl sites for hydroxylation is 1. The molecule has 0 bridgehead atoms. The lowest BCUT2D eigenvalue weighted by atomic mass is 9.87. The molecule has 3 aromatic rings. The number of hydrogen-bond acceptors (Lipinski definition) is 4. The first kappa shape index (κ1) is 26.9. The van der Waals surface area contributed by atoms with Gasteiger partial charge in [-0.1, -0.05) is 11.6 Å². The molecule has 1 saturated heterocycles. The Labute approximate surface area is 218 Å². The Morgan fingerprint density at radius 3 is 2.50 bits per heavy atom. The Morgan fingerprint density at radius 1 is 1.13 bits per heavy atom. The van der Waals surface area contributed by atoms with Crippen molar-refractivity contribution >= 4 is 16.6 Å². The number of aromatic amines is 1. The van der Waals surface area contributed by atoms with Crippen LogP contribution in [0, 0.1) is 18.6 Å². The maximum atomic E-state index is 15.7. The molecule has 0 radical (unpaired) electrons. The number of rotatable bonds is 9. The molecule has 0 saturated carbocycles. The second kappa shape index (κ2) is 10.5. The molecular formula is C28H33F5N4O. The summed E-state index contributed by atoms with van der Waals surface area (Å²) in [4.78, 5) is 6.69. The van der Waals surface area contributed by atoms with Gasteiger partial charge in [0, 0.05) is 53.5 Å². The largest absolute Gasteiger partial charge is 0.390 e. The number of nitrogens with one attached hydrogen (secondary N) is 2. The summed E-state index contributed by atoms with van der Waals surface area (Å²) < 4.78 is 72.8. The van der Waals surface area contributed by atoms with Crippen LogP contribution in [0.25, 0.3) is 10.9 Å². The van der Waals surface area contributed by atoms with Crippen LogP contribution in [0.4, 0.5) is 27.6 Å². The van der Waals surface area contributed by atoms with Gasteiger partial charge in [0.05, 0.1) is 25.3 Å². The number of aliphatic hydroxyl groups excluding tert-OH is 1. The van der Waals surface area contributed by atoms with Crippen LogP contribution in [-0.4, -0.2) is 77.4 Å². The summed E-state index contributed by atoms with van der Waals surface area (Å²) in [5.41, 5.74) is 3.09. The minimum absolute atomic E-state index is 0.0164. The van der Waals surface area contributed by atoms with Gasteiger partial charge in [0.1, 0.15) is 18.2 Å². The maximum absolute atomic E-state index is 15.7. The highest BCUT2D eigenvalue weighted by atomic mass is 19.3. The number of hydrogen-bond donors (Lipinski definition) is 3. The van der Waals surface area contributed by atoms with E-state index in [2.05, 4.69) is 15.2 Å². The molecule has 1 fully saturated rings. The molecule has 2 aliphatic heterocycles. The minimum Gasteiger partial charge on any atom is -0.390 e. The third kappa shape index (κ3) is 5.13. The van der Waals surface area contributed by atoms with Crippen LogP contribution >= 0.6 is 0 Å². The lowest BCUT2D eigenvalue weighted by Gasteiger charge is -2.42. The zero-order valence-electron chi connectivity index (χ0n) is 21.5. The van der Waals surface area contributed by atoms with Crippen molar-refractivity contribution in [2.45, 2.75) is 50.7 Å². The molecule has 2 aliphatic rings. The number of likely N-dealkylation sites (tertiary alicyclic amines) is 1. The first-order valence-electron chi connectivity index (χ1n) is 13.0. The lowest BCUT2D eigenvalue weighted by molar-refractivity contribution is -0.0869. The molecule has 2 atom stereocenters. The van der Waals surface area contributed by atoms with E-state index in [4.69, 9.17) is 0 Å². The van der Waals surface area contributed by atoms with Crippen LogP contribution in [0.15, 0.2) is 30.3 Å². The normalized spacial score (nSPS) is 21.1. The van der Waals surface area contributed by atoms with E-state index < -0.39 is 42.8 Å². The number of anilines is 1. The van der Waals surface area contributed by atoms with Gasteiger partial charge in [-0.15, -0.1) is 0 Å². The molecule has 3 N–H and O–H groups in total. The van der Waals surface area contributed by atoms with Crippen molar-refractivity contribution in [3.05, 3.63) is 64.4 Å². The zero-order valence-corrected chi connectivity index (χ0v) is 21.5. The fraction of sp³-hybridized carbons (Fsp3) is 0.500. The Balaban J connectivity index is 1.52. The van der Waals surface area contributed by atoms with Gasteiger partial charge in [0.15, 0.2) is 0 Å². The number of nitrogens with zero attached hydrogens (tertiary/aromatic N) is 2. The SMILES string of the molecule is Cc1ccc2[nH]c3c(c2c1)CC(C)N(CC(F)(F)CO)C3c1c(F)cc(NC2CN(CCCF)C2)cc1F. The van der Waals surface area contributed by atoms with Gasteiger partial charge in [-0.25, -0.2) is 17.6 Å². The van der Waals surface area contributed by atoms with Crippen molar-refractivity contribution in [3.63, 3.8) is 0 Å². The molecule has 5 nitrogen and oxygen atoms in total. The quantitative estimate of drug-likeness (QED) is 0.330. The predicted molar refractivity (Wildman–Crippen MR) is 138 cm³/mol. The van der Waals surface area contributed by atoms with Crippen molar-refractivity contribution in [1.82, 2.24) is 14.8 Å². The molecule has 3 heterocycles. The third-order valence-corrected chi connectivity index (χ3v) is 7.70. The fourth-order valence-corrected chi connectivity index (χ4v) is 5.83. The standard InChI is InChI=1S/C28H33F5N4O/c1-16-4-5-24-20(8-16)21-9-17(2)37(14-28(32,33)15-38)27(26(21)35-24)25-22(30)10-18(11-23(25)31)34-19-12-36(13-19)7-3-6-29/h4-5,8,10-11,17,19,27,34-35,38H,3,6-7,9,12-15H2,1-2H3. The van der Waals surface area contributed by atoms with Crippen LogP contribution in [0.1, 0.15) is 41.8 Å². The molecule has 10 heteroatoms. The Morgan fingerprint density at radius 2 is 1.84 bits per heavy atom. The number of aromatic nitrogens is 1. The highest BCUT2D eigenvalue weighted by Gasteiger charge is 2.43. The van der Waals surface area contributed by atoms with E-state index in [1.165, 1.54) is 17.0 Å². The third-order valence-electron chi connectivity index (χ3n) is 7.70. The van der Waals surface area contributed by atoms with Crippen molar-refractivity contribution < 1.29 is 27.1 Å². The number of halogens is 5. The topological polar surface area (TPSA) is 54.5 Å². The van der Waals surface area contributed by atoms with Crippen LogP contribution in [0.5, 0.6) is 0 Å². The number of alkyl halides is 3. The number of aliphatic hydroxyl groups is 1. The van der Waals surface area contributed by atoms with Crippen LogP contribution in [-0.2, 0) is 6.42 Å². The van der Waals surface area contributed by atoms with Crippen molar-refractivity contribution in [1.29, 1.82) is 0 Å². The number of benzene rings is 2. The van der Waals surface area contributed by atoms with E-state index in [1.807, 2.05) is 25.1 Å². The zero-order chi connectivity index (χ0) is 27.2. The summed E-state index contributed by atoms with van der Waals surface area (Å²) in [7, 11) is 0. The van der Waals surface area contributed by atoms with Gasteiger partial charge < -0.3 is 15.4 Å². The van der Waals surface area contributed by atoms with E-state index >= 15 is 8.78 Å². The second-order valence-electron chi connectivity index (χ2n) is 10.7. The molecule has 38 heavy (non-hydrogen) atoms. The van der Waals surface area contributed by atoms with Crippen molar-refractivity contribution in [2.24, 2.45) is 0 Å². The first-order chi connectivity index (χ1) is 18.1. The maximum Gasteiger partial charge on any atom is 0.283 e. The van der Waals surface area contributed by atoms with Gasteiger partial charge in [-0.3, -0.25) is 14.2 Å². The van der Waals surface area contributed by atoms with Gasteiger partial charge in [-0.2, -0.15) is 0 Å². The van der Waals surface area contributed by atoms with Crippen molar-refractivity contribution in [2.75, 3.05) is 44.8 Å². The molecule has 0 aliphatic carbocycles. The number of fused-ring (bicyclic) bond motifs is 3. The predicted octanol–water partition coefficient (Wildman–Crippen LogP) is 5.17. The summed E-state index contributed by atoms with van der Waals surface area (Å²) in [6.07, 6.45) is 0.867. The second-order valence-corrected chi connectivity index (χ2v) is 10.7. The smallest absolute Gasteiger partial charge is 0.283 e. The average Bonchev–Trinajstić information content (AvgIpc) is 3.18. The van der Waals surface area contributed by atoms with Crippen LogP contribution in [0.3, 0.4) is 0 Å². The van der Waals surface area contributed by atoms with E-state index in [-0.39, 0.29) is 24.0 Å². The summed E-state index contributed by atoms with van der Waals surface area (Å²) in [6.45, 7) is 3.04. The minimum atomic E-state index is -3.45. The fourth-order valence-electron chi connectivity index (χ4n) is 5.83. The molecule has 5 rings (SSSR count). The Kier molecular flexibility index (Phi) is 7.41. The molecule has 206 valence electrons. The van der Waals surface area contributed by atoms with E-state index in [0.29, 0.717) is 38.2 Å². The monoisotopic (exact) mass is 536 g/mol. The Hall–Kier alpha value is -2.69. The molecule has 0 spiro atoms. The summed E-state index contributed by atoms with van der Waals surface area (Å²) in [5.74, 6) is -5.11. The van der Waals surface area contributed by atoms with Crippen LogP contribution in [0.2, 0.25) is 0 Å². The first-order valence-corrected chi connectivity index (χ1v) is 13.0. The van der Waals surface area contributed by atoms with Gasteiger partial charge in [-0.05, 0) is 56.5 Å². The van der Waals surface area contributed by atoms with Crippen molar-refractivity contribution in [3.8, 4) is 0 Å². The van der Waals surface area contributed by atoms with Crippen LogP contribution < -0.4 is 5.32 Å². The summed E-state index contributed by atoms with van der Waals surface area (Å²) >= 11 is 0. The van der Waals surface area contributed by atoms with E-state index in [0.717, 1.165) is 22.0 Å². The van der Waals surface area contributed by atoms with Gasteiger partial charge in [0.2, 0.25) is 0 Å². The van der Waals surface area contributed by atoms with Gasteiger partial charge in [0.25, 0.3) is 5.92 Å². The number of H-pyrrole nitrogens is 1. The highest BCUT2D eigenvalue weighted by Crippen LogP contribution is 2.44. The molecular weight excluding hydrogens is 503 g/mol. The summed E-state index contributed by atoms with van der Waals surface area (Å²) in [6, 6.07) is 6.58. The summed E-state index contributed by atoms with van der Waals surface area (Å²) in [5, 5.41) is 13.3. The van der Waals surface area contributed by atoms with E-state index in [1.54, 1.807) is 6.92 Å². The Bertz CT molecular complexity index is 1280. The lowest BCUT2D eigenvalue weighted by Crippen LogP contribution is -2.54. The molecule has 2 unspecified atom stereocenters. The molecule has 1 aromatic heterocycles.